The van der Waals surface area contributed by atoms with Gasteiger partial charge in [0, 0.05) is 55.4 Å². The van der Waals surface area contributed by atoms with Crippen LogP contribution in [0.15, 0.2) is 49.1 Å². The van der Waals surface area contributed by atoms with Gasteiger partial charge in [-0.15, -0.1) is 0 Å². The van der Waals surface area contributed by atoms with E-state index >= 15 is 0 Å². The molecule has 0 bridgehead atoms. The Hall–Kier alpha value is -3.85. The number of rotatable bonds is 10. The standard InChI is InChI=1S/C26H30N6O3/c1-17(22-7-6-19(18(2)33)11-24(22)35-5)15-31(3)25-12-23(28-16-29-25)20-10-21-14-30-32(8-9-34-4)26(21)27-13-20/h6-7,10-14,16-17H,8-9,15H2,1-5H3. The third kappa shape index (κ3) is 5.30. The number of hydrogen-bond acceptors (Lipinski definition) is 8. The number of ether oxygens (including phenoxy) is 2. The fourth-order valence-electron chi connectivity index (χ4n) is 4.11. The maximum absolute atomic E-state index is 11.7. The maximum atomic E-state index is 11.7. The Kier molecular flexibility index (Phi) is 7.36. The van der Waals surface area contributed by atoms with Gasteiger partial charge in [0.2, 0.25) is 0 Å². The molecule has 9 heteroatoms. The van der Waals surface area contributed by atoms with E-state index in [2.05, 4.69) is 31.9 Å². The molecule has 0 radical (unpaired) electrons. The van der Waals surface area contributed by atoms with Crippen LogP contribution in [0.2, 0.25) is 0 Å². The second-order valence-corrected chi connectivity index (χ2v) is 8.55. The minimum atomic E-state index is 0.0168. The highest BCUT2D eigenvalue weighted by Gasteiger charge is 2.17. The Morgan fingerprint density at radius 3 is 2.69 bits per heavy atom. The van der Waals surface area contributed by atoms with Gasteiger partial charge in [-0.25, -0.2) is 19.6 Å². The van der Waals surface area contributed by atoms with Gasteiger partial charge in [-0.1, -0.05) is 19.1 Å². The van der Waals surface area contributed by atoms with Crippen molar-refractivity contribution in [2.45, 2.75) is 26.3 Å². The lowest BCUT2D eigenvalue weighted by molar-refractivity contribution is 0.101. The lowest BCUT2D eigenvalue weighted by Gasteiger charge is -2.24. The van der Waals surface area contributed by atoms with Crippen molar-refractivity contribution in [3.05, 3.63) is 60.2 Å². The summed E-state index contributed by atoms with van der Waals surface area (Å²) in [7, 11) is 5.30. The van der Waals surface area contributed by atoms with E-state index < -0.39 is 0 Å². The topological polar surface area (TPSA) is 95.3 Å². The van der Waals surface area contributed by atoms with E-state index in [0.717, 1.165) is 33.7 Å². The number of hydrogen-bond donors (Lipinski definition) is 0. The Labute approximate surface area is 204 Å². The lowest BCUT2D eigenvalue weighted by Crippen LogP contribution is -2.24. The van der Waals surface area contributed by atoms with Gasteiger partial charge < -0.3 is 14.4 Å². The second-order valence-electron chi connectivity index (χ2n) is 8.55. The van der Waals surface area contributed by atoms with Gasteiger partial charge in [0.25, 0.3) is 0 Å². The Morgan fingerprint density at radius 1 is 1.11 bits per heavy atom. The Bertz CT molecular complexity index is 1340. The Balaban J connectivity index is 1.53. The SMILES string of the molecule is COCCn1ncc2cc(-c3cc(N(C)CC(C)c4ccc(C(C)=O)cc4OC)ncn3)cnc21. The zero-order valence-corrected chi connectivity index (χ0v) is 20.7. The van der Waals surface area contributed by atoms with Crippen LogP contribution in [0.1, 0.15) is 35.7 Å². The number of methoxy groups -OCH3 is 2. The van der Waals surface area contributed by atoms with Gasteiger partial charge in [0.15, 0.2) is 11.4 Å². The highest BCUT2D eigenvalue weighted by atomic mass is 16.5. The first kappa shape index (κ1) is 24.3. The predicted octanol–water partition coefficient (Wildman–Crippen LogP) is 3.99. The first-order valence-electron chi connectivity index (χ1n) is 11.4. The number of Topliss-reactive ketones (excluding diaryl/α,β-unsaturated/α-hetero) is 1. The molecule has 4 aromatic rings. The van der Waals surface area contributed by atoms with E-state index in [-0.39, 0.29) is 11.7 Å². The molecule has 0 saturated carbocycles. The minimum absolute atomic E-state index is 0.0168. The summed E-state index contributed by atoms with van der Waals surface area (Å²) in [5, 5.41) is 5.35. The summed E-state index contributed by atoms with van der Waals surface area (Å²) < 4.78 is 12.5. The van der Waals surface area contributed by atoms with Crippen LogP contribution in [-0.4, -0.2) is 64.9 Å². The smallest absolute Gasteiger partial charge is 0.159 e. The predicted molar refractivity (Wildman–Crippen MR) is 135 cm³/mol. The number of benzene rings is 1. The molecule has 3 aromatic heterocycles. The van der Waals surface area contributed by atoms with E-state index in [1.165, 1.54) is 0 Å². The van der Waals surface area contributed by atoms with Crippen LogP contribution < -0.4 is 9.64 Å². The van der Waals surface area contributed by atoms with Crippen LogP contribution in [0.4, 0.5) is 5.82 Å². The summed E-state index contributed by atoms with van der Waals surface area (Å²) in [5.74, 6) is 1.68. The molecule has 0 aliphatic heterocycles. The van der Waals surface area contributed by atoms with E-state index in [9.17, 15) is 4.79 Å². The van der Waals surface area contributed by atoms with Gasteiger partial charge in [0.1, 0.15) is 17.9 Å². The van der Waals surface area contributed by atoms with Crippen molar-refractivity contribution in [2.75, 3.05) is 39.3 Å². The van der Waals surface area contributed by atoms with Crippen LogP contribution in [0, 0.1) is 0 Å². The number of ketones is 1. The number of likely N-dealkylation sites (N-methyl/N-ethyl adjacent to an activating group) is 1. The maximum Gasteiger partial charge on any atom is 0.159 e. The first-order valence-corrected chi connectivity index (χ1v) is 11.4. The molecule has 1 aromatic carbocycles. The Morgan fingerprint density at radius 2 is 1.94 bits per heavy atom. The van der Waals surface area contributed by atoms with Crippen molar-refractivity contribution in [2.24, 2.45) is 0 Å². The molecule has 1 atom stereocenters. The van der Waals surface area contributed by atoms with E-state index in [4.69, 9.17) is 9.47 Å². The fourth-order valence-corrected chi connectivity index (χ4v) is 4.11. The highest BCUT2D eigenvalue weighted by molar-refractivity contribution is 5.94. The summed E-state index contributed by atoms with van der Waals surface area (Å²) in [6.07, 6.45) is 5.19. The monoisotopic (exact) mass is 474 g/mol. The van der Waals surface area contributed by atoms with E-state index in [0.29, 0.717) is 31.0 Å². The van der Waals surface area contributed by atoms with E-state index in [1.807, 2.05) is 48.4 Å². The third-order valence-corrected chi connectivity index (χ3v) is 6.04. The quantitative estimate of drug-likeness (QED) is 0.319. The molecule has 0 aliphatic carbocycles. The van der Waals surface area contributed by atoms with Gasteiger partial charge in [-0.3, -0.25) is 4.79 Å². The fraction of sp³-hybridized carbons (Fsp3) is 0.346. The number of aromatic nitrogens is 5. The molecule has 9 nitrogen and oxygen atoms in total. The lowest BCUT2D eigenvalue weighted by atomic mass is 9.97. The number of carbonyl (C=O) groups excluding carboxylic acids is 1. The zero-order chi connectivity index (χ0) is 24.9. The number of anilines is 1. The summed E-state index contributed by atoms with van der Waals surface area (Å²) in [6.45, 7) is 5.61. The van der Waals surface area contributed by atoms with Crippen molar-refractivity contribution in [3.63, 3.8) is 0 Å². The molecule has 0 N–H and O–H groups in total. The molecule has 0 spiro atoms. The van der Waals surface area contributed by atoms with Crippen LogP contribution in [-0.2, 0) is 11.3 Å². The highest BCUT2D eigenvalue weighted by Crippen LogP contribution is 2.30. The van der Waals surface area contributed by atoms with Crippen LogP contribution >= 0.6 is 0 Å². The summed E-state index contributed by atoms with van der Waals surface area (Å²) in [6, 6.07) is 9.61. The van der Waals surface area contributed by atoms with Crippen LogP contribution in [0.5, 0.6) is 5.75 Å². The molecule has 182 valence electrons. The molecule has 3 heterocycles. The molecule has 0 fully saturated rings. The largest absolute Gasteiger partial charge is 0.496 e. The van der Waals surface area contributed by atoms with Crippen molar-refractivity contribution in [1.82, 2.24) is 24.7 Å². The van der Waals surface area contributed by atoms with E-state index in [1.54, 1.807) is 33.5 Å². The molecule has 0 saturated heterocycles. The number of fused-ring (bicyclic) bond motifs is 1. The van der Waals surface area contributed by atoms with Gasteiger partial charge in [-0.2, -0.15) is 5.10 Å². The second kappa shape index (κ2) is 10.6. The number of nitrogens with zero attached hydrogens (tertiary/aromatic N) is 6. The van der Waals surface area contributed by atoms with Crippen molar-refractivity contribution in [3.8, 4) is 17.0 Å². The zero-order valence-electron chi connectivity index (χ0n) is 20.7. The molecular weight excluding hydrogens is 444 g/mol. The van der Waals surface area contributed by atoms with Crippen LogP contribution in [0.3, 0.4) is 0 Å². The molecule has 0 amide bonds. The molecule has 4 rings (SSSR count). The minimum Gasteiger partial charge on any atom is -0.496 e. The van der Waals surface area contributed by atoms with Crippen LogP contribution in [0.25, 0.3) is 22.3 Å². The van der Waals surface area contributed by atoms with Gasteiger partial charge >= 0.3 is 0 Å². The van der Waals surface area contributed by atoms with Gasteiger partial charge in [0.05, 0.1) is 32.2 Å². The third-order valence-electron chi connectivity index (χ3n) is 6.04. The van der Waals surface area contributed by atoms with Crippen molar-refractivity contribution < 1.29 is 14.3 Å². The van der Waals surface area contributed by atoms with Gasteiger partial charge in [-0.05, 0) is 24.6 Å². The number of pyridine rings is 1. The molecule has 1 unspecified atom stereocenters. The summed E-state index contributed by atoms with van der Waals surface area (Å²) in [5.41, 5.74) is 4.18. The molecule has 35 heavy (non-hydrogen) atoms. The molecular formula is C26H30N6O3. The average molecular weight is 475 g/mol. The average Bonchev–Trinajstić information content (AvgIpc) is 3.29. The number of carbonyl (C=O) groups is 1. The summed E-state index contributed by atoms with van der Waals surface area (Å²) >= 11 is 0. The normalized spacial score (nSPS) is 12.0. The van der Waals surface area contributed by atoms with Crippen molar-refractivity contribution >= 4 is 22.6 Å². The summed E-state index contributed by atoms with van der Waals surface area (Å²) in [4.78, 5) is 27.4. The van der Waals surface area contributed by atoms with Crippen molar-refractivity contribution in [1.29, 1.82) is 0 Å². The molecule has 0 aliphatic rings. The first-order chi connectivity index (χ1) is 16.9.